The van der Waals surface area contributed by atoms with Gasteiger partial charge in [0.25, 0.3) is 0 Å². The fourth-order valence-electron chi connectivity index (χ4n) is 1.33. The molecule has 0 aromatic heterocycles. The molecule has 1 unspecified atom stereocenters. The van der Waals surface area contributed by atoms with Gasteiger partial charge in [0, 0.05) is 24.3 Å². The first kappa shape index (κ1) is 14.3. The van der Waals surface area contributed by atoms with Crippen LogP contribution in [0, 0.1) is 5.82 Å². The topological polar surface area (TPSA) is 38.3 Å². The number of rotatable bonds is 8. The van der Waals surface area contributed by atoms with Crippen LogP contribution in [0.3, 0.4) is 0 Å². The van der Waals surface area contributed by atoms with Crippen molar-refractivity contribution in [2.24, 2.45) is 0 Å². The Kier molecular flexibility index (Phi) is 7.00. The Bertz CT molecular complexity index is 343. The molecule has 5 heteroatoms. The van der Waals surface area contributed by atoms with Crippen LogP contribution in [0.25, 0.3) is 0 Å². The van der Waals surface area contributed by atoms with Gasteiger partial charge in [-0.25, -0.2) is 4.39 Å². The van der Waals surface area contributed by atoms with E-state index < -0.39 is 10.8 Å². The molecule has 0 amide bonds. The monoisotopic (exact) mass is 259 g/mol. The highest BCUT2D eigenvalue weighted by Gasteiger charge is 2.03. The third kappa shape index (κ3) is 5.91. The predicted octanol–water partition coefficient (Wildman–Crippen LogP) is 1.56. The van der Waals surface area contributed by atoms with Crippen LogP contribution in [0.15, 0.2) is 29.2 Å². The maximum atomic E-state index is 12.7. The van der Waals surface area contributed by atoms with E-state index in [1.165, 1.54) is 12.1 Å². The van der Waals surface area contributed by atoms with Crippen molar-refractivity contribution in [3.8, 4) is 0 Å². The zero-order chi connectivity index (χ0) is 12.5. The summed E-state index contributed by atoms with van der Waals surface area (Å²) in [5.41, 5.74) is 0. The van der Waals surface area contributed by atoms with Crippen molar-refractivity contribution in [2.75, 3.05) is 32.6 Å². The largest absolute Gasteiger partial charge is 0.383 e. The molecule has 0 spiro atoms. The number of hydrogen-bond donors (Lipinski definition) is 1. The minimum Gasteiger partial charge on any atom is -0.383 e. The summed E-state index contributed by atoms with van der Waals surface area (Å²) in [5, 5.41) is 3.18. The van der Waals surface area contributed by atoms with E-state index in [1.807, 2.05) is 0 Å². The summed E-state index contributed by atoms with van der Waals surface area (Å²) in [6.45, 7) is 2.30. The normalized spacial score (nSPS) is 12.6. The third-order valence-electron chi connectivity index (χ3n) is 2.24. The van der Waals surface area contributed by atoms with Crippen molar-refractivity contribution < 1.29 is 13.3 Å². The molecule has 0 aliphatic heterocycles. The van der Waals surface area contributed by atoms with Crippen LogP contribution in [-0.2, 0) is 15.5 Å². The number of halogens is 1. The second kappa shape index (κ2) is 8.33. The Morgan fingerprint density at radius 2 is 2.00 bits per heavy atom. The van der Waals surface area contributed by atoms with Crippen molar-refractivity contribution in [3.63, 3.8) is 0 Å². The van der Waals surface area contributed by atoms with Crippen molar-refractivity contribution >= 4 is 10.8 Å². The standard InChI is InChI=1S/C12H18FNO2S/c1-16-9-8-14-7-2-10-17(15)12-5-3-11(13)4-6-12/h3-6,14H,2,7-10H2,1H3. The lowest BCUT2D eigenvalue weighted by atomic mass is 10.4. The Labute approximate surface area is 104 Å². The van der Waals surface area contributed by atoms with Crippen molar-refractivity contribution in [1.29, 1.82) is 0 Å². The maximum absolute atomic E-state index is 12.7. The third-order valence-corrected chi connectivity index (χ3v) is 3.70. The molecule has 0 bridgehead atoms. The van der Waals surface area contributed by atoms with E-state index in [1.54, 1.807) is 19.2 Å². The van der Waals surface area contributed by atoms with Crippen molar-refractivity contribution in [2.45, 2.75) is 11.3 Å². The summed E-state index contributed by atoms with van der Waals surface area (Å²) in [5.74, 6) is 0.290. The first-order valence-corrected chi connectivity index (χ1v) is 6.89. The molecule has 96 valence electrons. The van der Waals surface area contributed by atoms with E-state index in [0.29, 0.717) is 17.3 Å². The number of nitrogens with one attached hydrogen (secondary N) is 1. The zero-order valence-electron chi connectivity index (χ0n) is 9.95. The molecular formula is C12H18FNO2S. The lowest BCUT2D eigenvalue weighted by Crippen LogP contribution is -2.21. The lowest BCUT2D eigenvalue weighted by Gasteiger charge is -2.04. The molecule has 1 N–H and O–H groups in total. The zero-order valence-corrected chi connectivity index (χ0v) is 10.8. The van der Waals surface area contributed by atoms with Crippen LogP contribution < -0.4 is 5.32 Å². The van der Waals surface area contributed by atoms with E-state index in [-0.39, 0.29) is 5.82 Å². The Morgan fingerprint density at radius 1 is 1.29 bits per heavy atom. The maximum Gasteiger partial charge on any atom is 0.123 e. The molecule has 0 saturated heterocycles. The molecule has 0 saturated carbocycles. The molecule has 0 radical (unpaired) electrons. The van der Waals surface area contributed by atoms with Crippen LogP contribution in [0.5, 0.6) is 0 Å². The summed E-state index contributed by atoms with van der Waals surface area (Å²) in [7, 11) is 0.621. The number of methoxy groups -OCH3 is 1. The van der Waals surface area contributed by atoms with Crippen molar-refractivity contribution in [3.05, 3.63) is 30.1 Å². The lowest BCUT2D eigenvalue weighted by molar-refractivity contribution is 0.199. The highest BCUT2D eigenvalue weighted by molar-refractivity contribution is 7.85. The van der Waals surface area contributed by atoms with Crippen LogP contribution in [-0.4, -0.2) is 36.8 Å². The minimum absolute atomic E-state index is 0.299. The fraction of sp³-hybridized carbons (Fsp3) is 0.500. The van der Waals surface area contributed by atoms with E-state index in [2.05, 4.69) is 5.32 Å². The van der Waals surface area contributed by atoms with Gasteiger partial charge in [-0.1, -0.05) is 0 Å². The molecule has 1 rings (SSSR count). The first-order chi connectivity index (χ1) is 8.24. The number of benzene rings is 1. The highest BCUT2D eigenvalue weighted by atomic mass is 32.2. The highest BCUT2D eigenvalue weighted by Crippen LogP contribution is 2.08. The van der Waals surface area contributed by atoms with Gasteiger partial charge < -0.3 is 10.1 Å². The summed E-state index contributed by atoms with van der Waals surface area (Å²) in [6.07, 6.45) is 0.827. The van der Waals surface area contributed by atoms with Gasteiger partial charge in [0.15, 0.2) is 0 Å². The van der Waals surface area contributed by atoms with Gasteiger partial charge in [-0.05, 0) is 37.2 Å². The summed E-state index contributed by atoms with van der Waals surface area (Å²) < 4.78 is 29.3. The number of ether oxygens (including phenoxy) is 1. The molecule has 1 aromatic carbocycles. The van der Waals surface area contributed by atoms with E-state index in [0.717, 1.165) is 19.5 Å². The van der Waals surface area contributed by atoms with E-state index >= 15 is 0 Å². The first-order valence-electron chi connectivity index (χ1n) is 5.57. The molecular weight excluding hydrogens is 241 g/mol. The number of hydrogen-bond acceptors (Lipinski definition) is 3. The molecule has 0 aliphatic rings. The average molecular weight is 259 g/mol. The second-order valence-electron chi connectivity index (χ2n) is 3.60. The van der Waals surface area contributed by atoms with Gasteiger partial charge in [0.05, 0.1) is 17.4 Å². The molecule has 1 atom stereocenters. The van der Waals surface area contributed by atoms with Crippen LogP contribution in [0.1, 0.15) is 6.42 Å². The van der Waals surface area contributed by atoms with Gasteiger partial charge in [-0.3, -0.25) is 4.21 Å². The Balaban J connectivity index is 2.19. The molecule has 0 fully saturated rings. The van der Waals surface area contributed by atoms with E-state index in [9.17, 15) is 8.60 Å². The van der Waals surface area contributed by atoms with Gasteiger partial charge in [-0.15, -0.1) is 0 Å². The molecule has 0 heterocycles. The summed E-state index contributed by atoms with van der Waals surface area (Å²) in [4.78, 5) is 0.684. The van der Waals surface area contributed by atoms with Crippen LogP contribution in [0.4, 0.5) is 4.39 Å². The Morgan fingerprint density at radius 3 is 2.65 bits per heavy atom. The fourth-order valence-corrected chi connectivity index (χ4v) is 2.41. The summed E-state index contributed by atoms with van der Waals surface area (Å²) in [6, 6.07) is 5.82. The van der Waals surface area contributed by atoms with Crippen LogP contribution >= 0.6 is 0 Å². The minimum atomic E-state index is -1.04. The van der Waals surface area contributed by atoms with Gasteiger partial charge in [0.2, 0.25) is 0 Å². The van der Waals surface area contributed by atoms with Crippen molar-refractivity contribution in [1.82, 2.24) is 5.32 Å². The quantitative estimate of drug-likeness (QED) is 0.720. The van der Waals surface area contributed by atoms with Gasteiger partial charge in [0.1, 0.15) is 5.82 Å². The van der Waals surface area contributed by atoms with Crippen LogP contribution in [0.2, 0.25) is 0 Å². The smallest absolute Gasteiger partial charge is 0.123 e. The average Bonchev–Trinajstić information content (AvgIpc) is 2.34. The molecule has 1 aromatic rings. The summed E-state index contributed by atoms with van der Waals surface area (Å²) >= 11 is 0. The molecule has 17 heavy (non-hydrogen) atoms. The second-order valence-corrected chi connectivity index (χ2v) is 5.17. The predicted molar refractivity (Wildman–Crippen MR) is 67.0 cm³/mol. The molecule has 0 aliphatic carbocycles. The molecule has 3 nitrogen and oxygen atoms in total. The van der Waals surface area contributed by atoms with Gasteiger partial charge in [-0.2, -0.15) is 0 Å². The van der Waals surface area contributed by atoms with E-state index in [4.69, 9.17) is 4.74 Å². The SMILES string of the molecule is COCCNCCCS(=O)c1ccc(F)cc1. The van der Waals surface area contributed by atoms with Gasteiger partial charge >= 0.3 is 0 Å². The Hall–Kier alpha value is -0.780.